The quantitative estimate of drug-likeness (QED) is 0.502. The Labute approximate surface area is 135 Å². The predicted octanol–water partition coefficient (Wildman–Crippen LogP) is 0.0811. The van der Waals surface area contributed by atoms with E-state index in [0.717, 1.165) is 0 Å². The highest BCUT2D eigenvalue weighted by Crippen LogP contribution is 2.29. The first-order chi connectivity index (χ1) is 11.5. The van der Waals surface area contributed by atoms with Gasteiger partial charge in [0.1, 0.15) is 11.2 Å². The lowest BCUT2D eigenvalue weighted by atomic mass is 10.1. The molecule has 1 saturated heterocycles. The summed E-state index contributed by atoms with van der Waals surface area (Å²) in [5, 5.41) is 0. The molecule has 4 N–H and O–H groups in total. The molecule has 0 spiro atoms. The summed E-state index contributed by atoms with van der Waals surface area (Å²) in [6.45, 7) is 1.22. The van der Waals surface area contributed by atoms with Crippen molar-refractivity contribution in [2.75, 3.05) is 13.6 Å². The summed E-state index contributed by atoms with van der Waals surface area (Å²) in [4.78, 5) is 47.5. The first-order valence-corrected chi connectivity index (χ1v) is 7.59. The molecule has 4 heterocycles. The molecule has 0 aromatic carbocycles. The minimum absolute atomic E-state index is 0.0413. The van der Waals surface area contributed by atoms with Crippen LogP contribution in [0.15, 0.2) is 38.9 Å². The maximum atomic E-state index is 10.9. The summed E-state index contributed by atoms with van der Waals surface area (Å²) in [7, 11) is 2.19. The second-order valence-corrected chi connectivity index (χ2v) is 5.66. The third kappa shape index (κ3) is 3.35. The molecule has 9 heteroatoms. The highest BCUT2D eigenvalue weighted by molar-refractivity contribution is 5.67. The van der Waals surface area contributed by atoms with E-state index in [4.69, 9.17) is 0 Å². The molecule has 24 heavy (non-hydrogen) atoms. The fraction of sp³-hybridized carbons (Fsp3) is 0.333. The van der Waals surface area contributed by atoms with Gasteiger partial charge in [0.15, 0.2) is 0 Å². The van der Waals surface area contributed by atoms with E-state index < -0.39 is 16.9 Å². The number of H-pyrrole nitrogens is 4. The van der Waals surface area contributed by atoms with Crippen molar-refractivity contribution in [3.8, 4) is 0 Å². The molecule has 4 rings (SSSR count). The molecule has 3 aromatic rings. The van der Waals surface area contributed by atoms with Crippen LogP contribution in [-0.2, 0) is 0 Å². The summed E-state index contributed by atoms with van der Waals surface area (Å²) < 4.78 is 0. The van der Waals surface area contributed by atoms with E-state index in [1.54, 1.807) is 0 Å². The molecule has 1 unspecified atom stereocenters. The average Bonchev–Trinajstić information content (AvgIpc) is 3.14. The molecule has 3 aromatic heterocycles. The van der Waals surface area contributed by atoms with Gasteiger partial charge in [-0.1, -0.05) is 6.07 Å². The number of imidazole rings is 1. The minimum Gasteiger partial charge on any atom is -0.300 e. The van der Waals surface area contributed by atoms with E-state index in [0.29, 0.717) is 6.04 Å². The molecule has 0 radical (unpaired) electrons. The van der Waals surface area contributed by atoms with E-state index in [1.807, 2.05) is 23.4 Å². The number of likely N-dealkylation sites (tertiary alicyclic amines) is 1. The lowest BCUT2D eigenvalue weighted by Crippen LogP contribution is -2.21. The van der Waals surface area contributed by atoms with Crippen molar-refractivity contribution in [3.63, 3.8) is 0 Å². The van der Waals surface area contributed by atoms with Crippen molar-refractivity contribution in [2.24, 2.45) is 0 Å². The van der Waals surface area contributed by atoms with E-state index in [-0.39, 0.29) is 11.2 Å². The smallest absolute Gasteiger partial charge is 0.300 e. The molecular weight excluding hydrogens is 312 g/mol. The molecule has 1 aliphatic rings. The molecule has 0 bridgehead atoms. The van der Waals surface area contributed by atoms with Crippen LogP contribution in [-0.4, -0.2) is 43.4 Å². The van der Waals surface area contributed by atoms with Crippen LogP contribution in [0.1, 0.15) is 24.4 Å². The normalized spacial score (nSPS) is 17.6. The number of fused-ring (bicyclic) bond motifs is 1. The van der Waals surface area contributed by atoms with Gasteiger partial charge in [-0.25, -0.2) is 9.59 Å². The van der Waals surface area contributed by atoms with Gasteiger partial charge in [-0.2, -0.15) is 0 Å². The molecule has 0 amide bonds. The number of rotatable bonds is 1. The zero-order valence-corrected chi connectivity index (χ0v) is 13.1. The average molecular weight is 330 g/mol. The van der Waals surface area contributed by atoms with E-state index in [9.17, 15) is 14.4 Å². The third-order valence-electron chi connectivity index (χ3n) is 4.01. The number of aromatic amines is 4. The molecule has 9 nitrogen and oxygen atoms in total. The minimum atomic E-state index is -0.650. The molecular formula is C15H18N6O3. The summed E-state index contributed by atoms with van der Waals surface area (Å²) in [5.41, 5.74) is -0.293. The Morgan fingerprint density at radius 1 is 1.12 bits per heavy atom. The SMILES string of the molecule is CN1CCCC1c1cccnc1.O=c1[nH]c(=O)c2[nH]c(=O)[nH]c2[nH]1. The Bertz CT molecular complexity index is 984. The number of nitrogens with one attached hydrogen (secondary N) is 4. The van der Waals surface area contributed by atoms with Crippen LogP contribution in [0.4, 0.5) is 0 Å². The maximum Gasteiger partial charge on any atom is 0.327 e. The fourth-order valence-corrected chi connectivity index (χ4v) is 2.86. The zero-order chi connectivity index (χ0) is 17.1. The van der Waals surface area contributed by atoms with Crippen molar-refractivity contribution in [1.29, 1.82) is 0 Å². The van der Waals surface area contributed by atoms with Crippen molar-refractivity contribution < 1.29 is 0 Å². The fourth-order valence-electron chi connectivity index (χ4n) is 2.86. The standard InChI is InChI=1S/C10H14N2.C5H4N4O3/c1-12-7-3-5-10(12)9-4-2-6-11-8-9;10-3-1-2(7-4(11)6-1)8-5(12)9-3/h2,4,6,8,10H,3,5,7H2,1H3;(H4,6,7,8,9,10,11,12). The van der Waals surface area contributed by atoms with Gasteiger partial charge >= 0.3 is 11.4 Å². The van der Waals surface area contributed by atoms with Gasteiger partial charge < -0.3 is 0 Å². The number of pyridine rings is 1. The van der Waals surface area contributed by atoms with Gasteiger partial charge in [0.2, 0.25) is 0 Å². The molecule has 0 aliphatic carbocycles. The number of hydrogen-bond acceptors (Lipinski definition) is 5. The third-order valence-corrected chi connectivity index (χ3v) is 4.01. The predicted molar refractivity (Wildman–Crippen MR) is 89.0 cm³/mol. The number of nitrogens with zero attached hydrogens (tertiary/aromatic N) is 2. The Balaban J connectivity index is 0.000000141. The first-order valence-electron chi connectivity index (χ1n) is 7.59. The van der Waals surface area contributed by atoms with Crippen molar-refractivity contribution in [1.82, 2.24) is 29.8 Å². The van der Waals surface area contributed by atoms with Gasteiger partial charge in [-0.05, 0) is 38.1 Å². The van der Waals surface area contributed by atoms with Crippen LogP contribution in [0.2, 0.25) is 0 Å². The van der Waals surface area contributed by atoms with Crippen LogP contribution in [0.5, 0.6) is 0 Å². The summed E-state index contributed by atoms with van der Waals surface area (Å²) >= 11 is 0. The summed E-state index contributed by atoms with van der Waals surface area (Å²) in [6.07, 6.45) is 6.41. The highest BCUT2D eigenvalue weighted by Gasteiger charge is 2.21. The van der Waals surface area contributed by atoms with Crippen LogP contribution in [0.25, 0.3) is 11.2 Å². The lowest BCUT2D eigenvalue weighted by Gasteiger charge is -2.18. The Hall–Kier alpha value is -2.94. The topological polar surface area (TPSA) is 130 Å². The second kappa shape index (κ2) is 6.67. The molecule has 0 saturated carbocycles. The Morgan fingerprint density at radius 3 is 2.50 bits per heavy atom. The van der Waals surface area contributed by atoms with Crippen LogP contribution in [0.3, 0.4) is 0 Å². The van der Waals surface area contributed by atoms with E-state index in [1.165, 1.54) is 24.9 Å². The van der Waals surface area contributed by atoms with Crippen LogP contribution in [0, 0.1) is 0 Å². The maximum absolute atomic E-state index is 10.9. The van der Waals surface area contributed by atoms with Crippen LogP contribution >= 0.6 is 0 Å². The first kappa shape index (κ1) is 15.9. The molecule has 1 atom stereocenters. The zero-order valence-electron chi connectivity index (χ0n) is 13.1. The van der Waals surface area contributed by atoms with E-state index in [2.05, 4.69) is 37.9 Å². The highest BCUT2D eigenvalue weighted by atomic mass is 16.2. The van der Waals surface area contributed by atoms with E-state index >= 15 is 0 Å². The molecule has 1 aliphatic heterocycles. The van der Waals surface area contributed by atoms with Gasteiger partial charge in [-0.15, -0.1) is 0 Å². The largest absolute Gasteiger partial charge is 0.327 e. The van der Waals surface area contributed by atoms with Gasteiger partial charge in [-0.3, -0.25) is 34.6 Å². The van der Waals surface area contributed by atoms with Gasteiger partial charge in [0.05, 0.1) is 0 Å². The van der Waals surface area contributed by atoms with Crippen molar-refractivity contribution in [2.45, 2.75) is 18.9 Å². The second-order valence-electron chi connectivity index (χ2n) is 5.66. The summed E-state index contributed by atoms with van der Waals surface area (Å²) in [5.74, 6) is 0. The Kier molecular flexibility index (Phi) is 4.43. The monoisotopic (exact) mass is 330 g/mol. The number of hydrogen-bond donors (Lipinski definition) is 4. The Morgan fingerprint density at radius 2 is 1.88 bits per heavy atom. The number of aromatic nitrogens is 5. The summed E-state index contributed by atoms with van der Waals surface area (Å²) in [6, 6.07) is 4.79. The lowest BCUT2D eigenvalue weighted by molar-refractivity contribution is 0.317. The molecule has 1 fully saturated rings. The van der Waals surface area contributed by atoms with Crippen molar-refractivity contribution in [3.05, 3.63) is 61.4 Å². The molecule has 126 valence electrons. The van der Waals surface area contributed by atoms with Gasteiger partial charge in [0.25, 0.3) is 5.56 Å². The van der Waals surface area contributed by atoms with Crippen LogP contribution < -0.4 is 16.9 Å². The van der Waals surface area contributed by atoms with Crippen molar-refractivity contribution >= 4 is 11.2 Å². The van der Waals surface area contributed by atoms with Gasteiger partial charge in [0, 0.05) is 18.4 Å².